The van der Waals surface area contributed by atoms with Crippen LogP contribution >= 0.6 is 0 Å². The van der Waals surface area contributed by atoms with E-state index in [0.29, 0.717) is 5.39 Å². The van der Waals surface area contributed by atoms with Crippen LogP contribution in [0.2, 0.25) is 0 Å². The topological polar surface area (TPSA) is 68.5 Å². The molecule has 0 fully saturated rings. The Morgan fingerprint density at radius 2 is 1.95 bits per heavy atom. The molecule has 1 heterocycles. The Labute approximate surface area is 119 Å². The van der Waals surface area contributed by atoms with Crippen LogP contribution in [0.1, 0.15) is 32.6 Å². The van der Waals surface area contributed by atoms with Crippen LogP contribution in [-0.2, 0) is 16.9 Å². The lowest BCUT2D eigenvalue weighted by Crippen LogP contribution is -2.06. The molecule has 0 saturated carbocycles. The third-order valence-electron chi connectivity index (χ3n) is 3.20. The predicted octanol–water partition coefficient (Wildman–Crippen LogP) is 3.40. The zero-order valence-electron chi connectivity index (χ0n) is 11.4. The minimum absolute atomic E-state index is 0.165. The second-order valence-electron chi connectivity index (χ2n) is 4.78. The number of hydrogen-bond donors (Lipinski definition) is 1. The molecule has 0 atom stereocenters. The summed E-state index contributed by atoms with van der Waals surface area (Å²) in [6.45, 7) is 2.96. The molecule has 0 unspecified atom stereocenters. The molecule has 2 aromatic rings. The van der Waals surface area contributed by atoms with Gasteiger partial charge in [-0.15, -0.1) is 0 Å². The molecule has 1 N–H and O–H groups in total. The van der Waals surface area contributed by atoms with Gasteiger partial charge in [0.15, 0.2) is 5.75 Å². The van der Waals surface area contributed by atoms with Gasteiger partial charge in [0, 0.05) is 18.1 Å². The van der Waals surface area contributed by atoms with Crippen molar-refractivity contribution in [2.75, 3.05) is 0 Å². The molecule has 0 aliphatic heterocycles. The van der Waals surface area contributed by atoms with Crippen LogP contribution in [0.3, 0.4) is 0 Å². The molecule has 2 rings (SSSR count). The average Bonchev–Trinajstić information content (AvgIpc) is 2.72. The molecule has 0 amide bonds. The van der Waals surface area contributed by atoms with Gasteiger partial charge in [-0.05, 0) is 18.6 Å². The minimum Gasteiger partial charge on any atom is -0.359 e. The second-order valence-corrected chi connectivity index (χ2v) is 5.80. The molecule has 0 bridgehead atoms. The Hall–Kier alpha value is -1.53. The molecule has 0 aliphatic rings. The van der Waals surface area contributed by atoms with Gasteiger partial charge in [-0.3, -0.25) is 4.55 Å². The van der Waals surface area contributed by atoms with E-state index in [1.54, 1.807) is 18.3 Å². The summed E-state index contributed by atoms with van der Waals surface area (Å²) in [5.41, 5.74) is 0.905. The highest BCUT2D eigenvalue weighted by molar-refractivity contribution is 7.81. The maximum absolute atomic E-state index is 10.9. The normalized spacial score (nSPS) is 11.9. The summed E-state index contributed by atoms with van der Waals surface area (Å²) in [5.74, 6) is 0.165. The maximum Gasteiger partial charge on any atom is 0.446 e. The van der Waals surface area contributed by atoms with Crippen molar-refractivity contribution in [3.63, 3.8) is 0 Å². The molecule has 6 heteroatoms. The van der Waals surface area contributed by atoms with Crippen molar-refractivity contribution >= 4 is 21.3 Å². The number of benzene rings is 1. The second kappa shape index (κ2) is 6.28. The predicted molar refractivity (Wildman–Crippen MR) is 78.3 cm³/mol. The van der Waals surface area contributed by atoms with E-state index in [-0.39, 0.29) is 5.75 Å². The van der Waals surface area contributed by atoms with E-state index in [1.165, 1.54) is 12.8 Å². The van der Waals surface area contributed by atoms with Crippen molar-refractivity contribution in [2.24, 2.45) is 0 Å². The van der Waals surface area contributed by atoms with Crippen LogP contribution in [0.25, 0.3) is 10.9 Å². The maximum atomic E-state index is 10.9. The number of fused-ring (bicyclic) bond motifs is 1. The van der Waals surface area contributed by atoms with E-state index in [2.05, 4.69) is 11.1 Å². The zero-order chi connectivity index (χ0) is 14.6. The van der Waals surface area contributed by atoms with Gasteiger partial charge in [0.1, 0.15) is 0 Å². The van der Waals surface area contributed by atoms with Crippen molar-refractivity contribution < 1.29 is 17.2 Å². The van der Waals surface area contributed by atoms with E-state index in [1.807, 2.05) is 16.7 Å². The molecule has 0 spiro atoms. The van der Waals surface area contributed by atoms with E-state index in [4.69, 9.17) is 4.55 Å². The lowest BCUT2D eigenvalue weighted by Gasteiger charge is -2.04. The number of aromatic nitrogens is 1. The summed E-state index contributed by atoms with van der Waals surface area (Å²) < 4.78 is 37.2. The molecular formula is C14H19NO4S. The summed E-state index contributed by atoms with van der Waals surface area (Å²) in [6, 6.07) is 7.38. The summed E-state index contributed by atoms with van der Waals surface area (Å²) in [4.78, 5) is 0. The SMILES string of the molecule is CCCCCCn1cc(OS(=O)(=O)O)c2ccccc21. The summed E-state index contributed by atoms with van der Waals surface area (Å²) in [6.07, 6.45) is 6.15. The quantitative estimate of drug-likeness (QED) is 0.628. The fourth-order valence-electron chi connectivity index (χ4n) is 2.29. The summed E-state index contributed by atoms with van der Waals surface area (Å²) in [7, 11) is -4.50. The van der Waals surface area contributed by atoms with Crippen LogP contribution in [0.5, 0.6) is 5.75 Å². The Balaban J connectivity index is 2.26. The van der Waals surface area contributed by atoms with Crippen molar-refractivity contribution in [3.05, 3.63) is 30.5 Å². The van der Waals surface area contributed by atoms with E-state index in [0.717, 1.165) is 24.9 Å². The summed E-state index contributed by atoms with van der Waals surface area (Å²) in [5, 5.41) is 0.681. The number of unbranched alkanes of at least 4 members (excludes halogenated alkanes) is 3. The van der Waals surface area contributed by atoms with Gasteiger partial charge in [-0.25, -0.2) is 0 Å². The van der Waals surface area contributed by atoms with Gasteiger partial charge >= 0.3 is 10.4 Å². The first-order chi connectivity index (χ1) is 9.51. The molecule has 20 heavy (non-hydrogen) atoms. The lowest BCUT2D eigenvalue weighted by molar-refractivity contribution is 0.387. The lowest BCUT2D eigenvalue weighted by atomic mass is 10.2. The number of hydrogen-bond acceptors (Lipinski definition) is 3. The van der Waals surface area contributed by atoms with Gasteiger partial charge in [-0.2, -0.15) is 8.42 Å². The number of rotatable bonds is 7. The minimum atomic E-state index is -4.50. The monoisotopic (exact) mass is 297 g/mol. The van der Waals surface area contributed by atoms with Crippen molar-refractivity contribution in [3.8, 4) is 5.75 Å². The van der Waals surface area contributed by atoms with E-state index < -0.39 is 10.4 Å². The Kier molecular flexibility index (Phi) is 4.67. The third kappa shape index (κ3) is 3.74. The Morgan fingerprint density at radius 1 is 1.20 bits per heavy atom. The standard InChI is InChI=1S/C14H19NO4S/c1-2-3-4-7-10-15-11-14(19-20(16,17)18)12-8-5-6-9-13(12)15/h5-6,8-9,11H,2-4,7,10H2,1H3,(H,16,17,18). The fourth-order valence-corrected chi connectivity index (χ4v) is 2.65. The molecule has 110 valence electrons. The average molecular weight is 297 g/mol. The highest BCUT2D eigenvalue weighted by Crippen LogP contribution is 2.29. The van der Waals surface area contributed by atoms with Gasteiger partial charge in [0.05, 0.1) is 5.52 Å². The largest absolute Gasteiger partial charge is 0.446 e. The molecule has 5 nitrogen and oxygen atoms in total. The first kappa shape index (κ1) is 14.9. The fraction of sp³-hybridized carbons (Fsp3) is 0.429. The highest BCUT2D eigenvalue weighted by atomic mass is 32.3. The van der Waals surface area contributed by atoms with E-state index in [9.17, 15) is 8.42 Å². The van der Waals surface area contributed by atoms with Gasteiger partial charge in [-0.1, -0.05) is 38.3 Å². The van der Waals surface area contributed by atoms with Gasteiger partial charge in [0.2, 0.25) is 0 Å². The zero-order valence-corrected chi connectivity index (χ0v) is 12.3. The molecular weight excluding hydrogens is 278 g/mol. The molecule has 1 aromatic carbocycles. The van der Waals surface area contributed by atoms with Crippen LogP contribution < -0.4 is 4.18 Å². The highest BCUT2D eigenvalue weighted by Gasteiger charge is 2.14. The first-order valence-corrected chi connectivity index (χ1v) is 8.12. The van der Waals surface area contributed by atoms with Crippen LogP contribution in [0, 0.1) is 0 Å². The smallest absolute Gasteiger partial charge is 0.359 e. The van der Waals surface area contributed by atoms with Crippen LogP contribution in [0.15, 0.2) is 30.5 Å². The first-order valence-electron chi connectivity index (χ1n) is 6.76. The van der Waals surface area contributed by atoms with Crippen LogP contribution in [-0.4, -0.2) is 17.5 Å². The van der Waals surface area contributed by atoms with Gasteiger partial charge in [0.25, 0.3) is 0 Å². The van der Waals surface area contributed by atoms with Crippen LogP contribution in [0.4, 0.5) is 0 Å². The molecule has 0 aliphatic carbocycles. The number of aryl methyl sites for hydroxylation is 1. The van der Waals surface area contributed by atoms with Crippen molar-refractivity contribution in [1.82, 2.24) is 4.57 Å². The van der Waals surface area contributed by atoms with Crippen molar-refractivity contribution in [1.29, 1.82) is 0 Å². The third-order valence-corrected chi connectivity index (χ3v) is 3.59. The van der Waals surface area contributed by atoms with Gasteiger partial charge < -0.3 is 8.75 Å². The Morgan fingerprint density at radius 3 is 2.65 bits per heavy atom. The number of nitrogens with zero attached hydrogens (tertiary/aromatic N) is 1. The molecule has 1 aromatic heterocycles. The number of para-hydroxylation sites is 1. The molecule has 0 radical (unpaired) electrons. The summed E-state index contributed by atoms with van der Waals surface area (Å²) >= 11 is 0. The van der Waals surface area contributed by atoms with E-state index >= 15 is 0 Å². The van der Waals surface area contributed by atoms with Crippen molar-refractivity contribution in [2.45, 2.75) is 39.2 Å². The Bertz CT molecular complexity index is 676. The molecule has 0 saturated heterocycles.